The van der Waals surface area contributed by atoms with Crippen molar-refractivity contribution < 1.29 is 54.4 Å². The Morgan fingerprint density at radius 2 is 1.64 bits per heavy atom. The van der Waals surface area contributed by atoms with E-state index in [2.05, 4.69) is 4.74 Å². The van der Waals surface area contributed by atoms with E-state index in [-0.39, 0.29) is 6.61 Å². The van der Waals surface area contributed by atoms with E-state index in [0.717, 1.165) is 0 Å². The predicted octanol–water partition coefficient (Wildman–Crippen LogP) is -4.61. The molecule has 0 aromatic heterocycles. The lowest BCUT2D eigenvalue weighted by molar-refractivity contribution is -0.331. The van der Waals surface area contributed by atoms with Gasteiger partial charge in [0.05, 0.1) is 19.8 Å². The molecule has 1 amide bonds. The van der Waals surface area contributed by atoms with Crippen LogP contribution in [0.2, 0.25) is 0 Å². The van der Waals surface area contributed by atoms with E-state index in [4.69, 9.17) is 25.1 Å². The lowest BCUT2D eigenvalue weighted by Crippen LogP contribution is -2.63. The largest absolute Gasteiger partial charge is 0.441 e. The molecular weight excluding hydrogens is 346 g/mol. The standard InChI is InChI=1S/C13H23NO11/c14-13(21)25-11-9(19)5(2-16)23-12(10(11)20)24-6-3-22-4(1-15)7(17)8(6)18/h4-12,15-20H,1-3H2,(H2,14,21)/t4-,5+,6+,7+,8+,9+,10-,11-,12+/m0/s1. The maximum Gasteiger partial charge on any atom is 0.404 e. The third kappa shape index (κ3) is 4.36. The van der Waals surface area contributed by atoms with Gasteiger partial charge < -0.3 is 55.3 Å². The van der Waals surface area contributed by atoms with Gasteiger partial charge in [0.25, 0.3) is 0 Å². The van der Waals surface area contributed by atoms with Crippen LogP contribution in [-0.4, -0.2) is 112 Å². The highest BCUT2D eigenvalue weighted by molar-refractivity contribution is 5.65. The first-order valence-corrected chi connectivity index (χ1v) is 7.62. The Morgan fingerprint density at radius 3 is 2.20 bits per heavy atom. The highest BCUT2D eigenvalue weighted by atomic mass is 16.7. The van der Waals surface area contributed by atoms with Crippen molar-refractivity contribution in [2.75, 3.05) is 19.8 Å². The normalized spacial score (nSPS) is 45.1. The number of amides is 1. The van der Waals surface area contributed by atoms with Crippen LogP contribution in [0.3, 0.4) is 0 Å². The van der Waals surface area contributed by atoms with Crippen LogP contribution >= 0.6 is 0 Å². The van der Waals surface area contributed by atoms with Crippen molar-refractivity contribution >= 4 is 6.09 Å². The molecule has 0 aliphatic carbocycles. The van der Waals surface area contributed by atoms with Crippen LogP contribution in [0.4, 0.5) is 4.79 Å². The molecule has 2 fully saturated rings. The Morgan fingerprint density at radius 1 is 1.00 bits per heavy atom. The minimum atomic E-state index is -1.69. The summed E-state index contributed by atoms with van der Waals surface area (Å²) >= 11 is 0. The van der Waals surface area contributed by atoms with Gasteiger partial charge in [0.15, 0.2) is 12.4 Å². The first-order chi connectivity index (χ1) is 11.8. The number of nitrogens with two attached hydrogens (primary N) is 1. The lowest BCUT2D eigenvalue weighted by Gasteiger charge is -2.44. The molecule has 0 aromatic rings. The summed E-state index contributed by atoms with van der Waals surface area (Å²) in [5, 5.41) is 58.3. The Balaban J connectivity index is 2.08. The summed E-state index contributed by atoms with van der Waals surface area (Å²) in [5.41, 5.74) is 4.89. The predicted molar refractivity (Wildman–Crippen MR) is 75.9 cm³/mol. The van der Waals surface area contributed by atoms with Crippen molar-refractivity contribution in [3.8, 4) is 0 Å². The Kier molecular flexibility index (Phi) is 6.90. The molecule has 0 saturated carbocycles. The molecule has 0 radical (unpaired) electrons. The van der Waals surface area contributed by atoms with Crippen LogP contribution in [0.5, 0.6) is 0 Å². The summed E-state index contributed by atoms with van der Waals surface area (Å²) in [4.78, 5) is 10.9. The first-order valence-electron chi connectivity index (χ1n) is 7.62. The van der Waals surface area contributed by atoms with Crippen LogP contribution in [0.25, 0.3) is 0 Å². The minimum Gasteiger partial charge on any atom is -0.441 e. The van der Waals surface area contributed by atoms with Crippen LogP contribution in [0.1, 0.15) is 0 Å². The number of primary amides is 1. The second kappa shape index (κ2) is 8.53. The van der Waals surface area contributed by atoms with Gasteiger partial charge in [-0.3, -0.25) is 0 Å². The van der Waals surface area contributed by atoms with E-state index < -0.39 is 74.4 Å². The molecule has 25 heavy (non-hydrogen) atoms. The zero-order valence-corrected chi connectivity index (χ0v) is 13.1. The number of rotatable bonds is 5. The van der Waals surface area contributed by atoms with Gasteiger partial charge in [-0.05, 0) is 0 Å². The van der Waals surface area contributed by atoms with E-state index in [1.165, 1.54) is 0 Å². The summed E-state index contributed by atoms with van der Waals surface area (Å²) in [6, 6.07) is 0. The highest BCUT2D eigenvalue weighted by Crippen LogP contribution is 2.27. The third-order valence-corrected chi connectivity index (χ3v) is 4.15. The smallest absolute Gasteiger partial charge is 0.404 e. The number of hydrogen-bond donors (Lipinski definition) is 7. The number of aliphatic hydroxyl groups excluding tert-OH is 6. The fourth-order valence-corrected chi connectivity index (χ4v) is 2.75. The van der Waals surface area contributed by atoms with E-state index in [9.17, 15) is 30.3 Å². The fourth-order valence-electron chi connectivity index (χ4n) is 2.75. The van der Waals surface area contributed by atoms with Crippen molar-refractivity contribution in [1.29, 1.82) is 0 Å². The van der Waals surface area contributed by atoms with Crippen molar-refractivity contribution in [1.82, 2.24) is 0 Å². The average molecular weight is 369 g/mol. The van der Waals surface area contributed by atoms with Crippen molar-refractivity contribution in [2.24, 2.45) is 5.73 Å². The number of carbonyl (C=O) groups is 1. The Bertz CT molecular complexity index is 452. The van der Waals surface area contributed by atoms with Gasteiger partial charge in [0.1, 0.15) is 42.7 Å². The van der Waals surface area contributed by atoms with E-state index >= 15 is 0 Å². The van der Waals surface area contributed by atoms with Crippen LogP contribution < -0.4 is 5.73 Å². The molecule has 0 spiro atoms. The molecule has 0 unspecified atom stereocenters. The quantitative estimate of drug-likeness (QED) is 0.246. The topological polar surface area (TPSA) is 201 Å². The molecule has 2 heterocycles. The molecule has 2 rings (SSSR count). The van der Waals surface area contributed by atoms with E-state index in [1.54, 1.807) is 0 Å². The summed E-state index contributed by atoms with van der Waals surface area (Å²) in [6.45, 7) is -1.42. The number of aliphatic hydroxyl groups is 6. The maximum atomic E-state index is 10.9. The number of hydrogen-bond acceptors (Lipinski definition) is 11. The molecule has 2 aliphatic heterocycles. The van der Waals surface area contributed by atoms with E-state index in [0.29, 0.717) is 0 Å². The monoisotopic (exact) mass is 369 g/mol. The second-order valence-electron chi connectivity index (χ2n) is 5.82. The summed E-state index contributed by atoms with van der Waals surface area (Å²) in [7, 11) is 0. The molecule has 8 N–H and O–H groups in total. The molecular formula is C13H23NO11. The van der Waals surface area contributed by atoms with Gasteiger partial charge in [0.2, 0.25) is 0 Å². The number of ether oxygens (including phenoxy) is 4. The second-order valence-corrected chi connectivity index (χ2v) is 5.82. The third-order valence-electron chi connectivity index (χ3n) is 4.15. The summed E-state index contributed by atoms with van der Waals surface area (Å²) in [6.07, 6.45) is -13.9. The van der Waals surface area contributed by atoms with Crippen molar-refractivity contribution in [2.45, 2.75) is 55.1 Å². The van der Waals surface area contributed by atoms with Crippen LogP contribution in [0.15, 0.2) is 0 Å². The van der Waals surface area contributed by atoms with Gasteiger partial charge in [-0.25, -0.2) is 4.79 Å². The van der Waals surface area contributed by atoms with Gasteiger partial charge in [-0.2, -0.15) is 0 Å². The van der Waals surface area contributed by atoms with Gasteiger partial charge in [-0.15, -0.1) is 0 Å². The first kappa shape index (κ1) is 20.2. The Hall–Kier alpha value is -1.09. The van der Waals surface area contributed by atoms with E-state index in [1.807, 2.05) is 0 Å². The van der Waals surface area contributed by atoms with Gasteiger partial charge in [0, 0.05) is 0 Å². The molecule has 2 aliphatic rings. The maximum absolute atomic E-state index is 10.9. The molecule has 12 heteroatoms. The molecule has 0 aromatic carbocycles. The van der Waals surface area contributed by atoms with Crippen molar-refractivity contribution in [3.05, 3.63) is 0 Å². The summed E-state index contributed by atoms with van der Waals surface area (Å²) < 4.78 is 20.4. The average Bonchev–Trinajstić information content (AvgIpc) is 2.58. The highest BCUT2D eigenvalue weighted by Gasteiger charge is 2.49. The molecule has 146 valence electrons. The number of carbonyl (C=O) groups excluding carboxylic acids is 1. The van der Waals surface area contributed by atoms with Gasteiger partial charge in [-0.1, -0.05) is 0 Å². The molecule has 12 nitrogen and oxygen atoms in total. The van der Waals surface area contributed by atoms with Crippen molar-refractivity contribution in [3.63, 3.8) is 0 Å². The molecule has 2 saturated heterocycles. The Labute approximate surface area is 142 Å². The fraction of sp³-hybridized carbons (Fsp3) is 0.923. The van der Waals surface area contributed by atoms with Gasteiger partial charge >= 0.3 is 6.09 Å². The molecule has 9 atom stereocenters. The lowest BCUT2D eigenvalue weighted by atomic mass is 9.98. The minimum absolute atomic E-state index is 0.232. The van der Waals surface area contributed by atoms with Crippen LogP contribution in [-0.2, 0) is 18.9 Å². The summed E-state index contributed by atoms with van der Waals surface area (Å²) in [5.74, 6) is 0. The molecule has 0 bridgehead atoms. The SMILES string of the molecule is NC(=O)O[C@@H]1[C@H](O)[C@@H](O[C@@H]2CO[C@@H](CO)[C@@H](O)[C@@H]2O)O[C@H](CO)[C@H]1O. The zero-order valence-electron chi connectivity index (χ0n) is 13.1. The zero-order chi connectivity index (χ0) is 18.7. The van der Waals surface area contributed by atoms with Crippen LogP contribution in [0, 0.1) is 0 Å².